The van der Waals surface area contributed by atoms with Crippen LogP contribution in [0.4, 0.5) is 5.82 Å². The number of tetrazole rings is 1. The second-order valence-corrected chi connectivity index (χ2v) is 7.39. The average Bonchev–Trinajstić information content (AvgIpc) is 3.48. The number of hydrogen-bond acceptors (Lipinski definition) is 13. The number of nitrogen functional groups attached to an aromatic ring is 1. The fourth-order valence-electron chi connectivity index (χ4n) is 3.29. The van der Waals surface area contributed by atoms with Gasteiger partial charge in [0.05, 0.1) is 19.5 Å². The minimum absolute atomic E-state index is 0.0528. The number of rotatable bonds is 7. The minimum atomic E-state index is -1.73. The first-order chi connectivity index (χ1) is 15.3. The Labute approximate surface area is 184 Å². The smallest absolute Gasteiger partial charge is 0.346 e. The van der Waals surface area contributed by atoms with Gasteiger partial charge in [0, 0.05) is 0 Å². The molecule has 1 saturated heterocycles. The van der Waals surface area contributed by atoms with E-state index in [1.54, 1.807) is 6.92 Å². The minimum Gasteiger partial charge on any atom is -0.464 e. The Morgan fingerprint density at radius 2 is 2.19 bits per heavy atom. The largest absolute Gasteiger partial charge is 0.464 e. The molecule has 0 spiro atoms. The first-order valence-corrected chi connectivity index (χ1v) is 9.86. The number of hydrogen-bond donors (Lipinski definition) is 4. The van der Waals surface area contributed by atoms with E-state index in [2.05, 4.69) is 35.6 Å². The quantitative estimate of drug-likeness (QED) is 0.234. The molecule has 0 bridgehead atoms. The zero-order chi connectivity index (χ0) is 23.0. The van der Waals surface area contributed by atoms with Crippen molar-refractivity contribution in [2.45, 2.75) is 44.0 Å². The highest BCUT2D eigenvalue weighted by Gasteiger charge is 2.48. The van der Waals surface area contributed by atoms with Crippen molar-refractivity contribution in [1.29, 1.82) is 0 Å². The molecular formula is C16H20ClN9O6. The zero-order valence-corrected chi connectivity index (χ0v) is 17.7. The van der Waals surface area contributed by atoms with E-state index in [4.69, 9.17) is 31.5 Å². The zero-order valence-electron chi connectivity index (χ0n) is 16.9. The molecule has 4 rings (SSSR count). The van der Waals surface area contributed by atoms with Crippen molar-refractivity contribution in [3.63, 3.8) is 0 Å². The number of aliphatic hydroxyl groups excluding tert-OH is 2. The van der Waals surface area contributed by atoms with Crippen molar-refractivity contribution in [2.75, 3.05) is 18.9 Å². The summed E-state index contributed by atoms with van der Waals surface area (Å²) in [6.45, 7) is 2.82. The Morgan fingerprint density at radius 3 is 2.88 bits per heavy atom. The molecule has 16 heteroatoms. The summed E-state index contributed by atoms with van der Waals surface area (Å²) in [6.07, 6.45) is -3.55. The molecule has 3 aromatic heterocycles. The summed E-state index contributed by atoms with van der Waals surface area (Å²) in [5.41, 5.74) is 4.54. The predicted octanol–water partition coefficient (Wildman–Crippen LogP) is -1.31. The Kier molecular flexibility index (Phi) is 5.91. The number of aromatic amines is 1. The summed E-state index contributed by atoms with van der Waals surface area (Å²) >= 11 is 5.88. The van der Waals surface area contributed by atoms with Crippen LogP contribution in [0.5, 0.6) is 0 Å². The molecular weight excluding hydrogens is 450 g/mol. The highest BCUT2D eigenvalue weighted by molar-refractivity contribution is 6.28. The van der Waals surface area contributed by atoms with Crippen LogP contribution in [0.25, 0.3) is 11.2 Å². The van der Waals surface area contributed by atoms with Crippen LogP contribution in [0.3, 0.4) is 0 Å². The van der Waals surface area contributed by atoms with Crippen molar-refractivity contribution >= 4 is 34.6 Å². The van der Waals surface area contributed by atoms with Crippen molar-refractivity contribution < 1.29 is 29.2 Å². The van der Waals surface area contributed by atoms with E-state index in [9.17, 15) is 15.0 Å². The van der Waals surface area contributed by atoms with Crippen LogP contribution in [0.15, 0.2) is 6.33 Å². The maximum Gasteiger partial charge on any atom is 0.346 e. The number of halogens is 1. The van der Waals surface area contributed by atoms with Gasteiger partial charge in [-0.25, -0.2) is 9.78 Å². The van der Waals surface area contributed by atoms with Crippen LogP contribution in [-0.2, 0) is 24.6 Å². The third kappa shape index (κ3) is 3.73. The summed E-state index contributed by atoms with van der Waals surface area (Å²) in [6, 6.07) is 0. The Bertz CT molecular complexity index is 1110. The lowest BCUT2D eigenvalue weighted by molar-refractivity contribution is -0.180. The van der Waals surface area contributed by atoms with E-state index in [-0.39, 0.29) is 41.3 Å². The third-order valence-electron chi connectivity index (χ3n) is 5.01. The number of carbonyl (C=O) groups excluding carboxylic acids is 1. The lowest BCUT2D eigenvalue weighted by Crippen LogP contribution is -2.42. The molecule has 4 heterocycles. The molecule has 15 nitrogen and oxygen atoms in total. The number of nitrogens with zero attached hydrogens (tertiary/aromatic N) is 7. The molecule has 0 aliphatic carbocycles. The summed E-state index contributed by atoms with van der Waals surface area (Å²) in [7, 11) is 0. The average molecular weight is 470 g/mol. The molecule has 1 aliphatic heterocycles. The van der Waals surface area contributed by atoms with Crippen LogP contribution >= 0.6 is 11.6 Å². The molecule has 172 valence electrons. The normalized spacial score (nSPS) is 25.2. The number of nitrogens with two attached hydrogens (primary N) is 1. The van der Waals surface area contributed by atoms with E-state index < -0.39 is 36.1 Å². The van der Waals surface area contributed by atoms with E-state index >= 15 is 0 Å². The van der Waals surface area contributed by atoms with Gasteiger partial charge in [0.2, 0.25) is 16.7 Å². The maximum absolute atomic E-state index is 12.5. The number of fused-ring (bicyclic) bond motifs is 1. The van der Waals surface area contributed by atoms with E-state index in [0.29, 0.717) is 0 Å². The second-order valence-electron chi connectivity index (χ2n) is 7.05. The molecule has 1 unspecified atom stereocenters. The van der Waals surface area contributed by atoms with E-state index in [1.807, 2.05) is 0 Å². The highest BCUT2D eigenvalue weighted by atomic mass is 35.5. The van der Waals surface area contributed by atoms with Crippen LogP contribution < -0.4 is 5.73 Å². The van der Waals surface area contributed by atoms with Gasteiger partial charge in [-0.15, -0.1) is 10.2 Å². The monoisotopic (exact) mass is 469 g/mol. The number of aliphatic hydroxyl groups is 2. The standard InChI is InChI=1S/C16H20ClN9O6/c1-3-30-14(29)16(2,13-22-24-25-23-13)31-4-6-8(27)9(28)12(32-6)26-5-19-7-10(18)20-15(17)21-11(7)26/h5-6,8-9,12,27-28H,3-4H2,1-2H3,(H2,18,20,21)(H,22,23,24,25)/t6-,8-,9-,12-,16?/m1/s1. The summed E-state index contributed by atoms with van der Waals surface area (Å²) < 4.78 is 18.0. The maximum atomic E-state index is 12.5. The first-order valence-electron chi connectivity index (χ1n) is 9.48. The van der Waals surface area contributed by atoms with Gasteiger partial charge >= 0.3 is 5.97 Å². The van der Waals surface area contributed by atoms with Gasteiger partial charge in [0.15, 0.2) is 17.7 Å². The Morgan fingerprint density at radius 1 is 1.41 bits per heavy atom. The SMILES string of the molecule is CCOC(=O)C(C)(OC[C@H]1O[C@@H](n2cnc3c(N)nc(Cl)nc32)[C@H](O)[C@@H]1O)c1nn[nH]n1. The van der Waals surface area contributed by atoms with E-state index in [0.717, 1.165) is 0 Å². The molecule has 1 fully saturated rings. The molecule has 0 radical (unpaired) electrons. The summed E-state index contributed by atoms with van der Waals surface area (Å²) in [5.74, 6) is -0.770. The second kappa shape index (κ2) is 8.51. The van der Waals surface area contributed by atoms with Crippen molar-refractivity contribution in [1.82, 2.24) is 40.1 Å². The number of H-pyrrole nitrogens is 1. The topological polar surface area (TPSA) is 209 Å². The van der Waals surface area contributed by atoms with Crippen molar-refractivity contribution in [2.24, 2.45) is 0 Å². The number of aromatic nitrogens is 8. The van der Waals surface area contributed by atoms with Gasteiger partial charge in [-0.05, 0) is 25.4 Å². The van der Waals surface area contributed by atoms with Gasteiger partial charge in [-0.3, -0.25) is 4.57 Å². The van der Waals surface area contributed by atoms with Crippen molar-refractivity contribution in [3.05, 3.63) is 17.4 Å². The number of anilines is 1. The number of nitrogens with one attached hydrogen (secondary N) is 1. The van der Waals surface area contributed by atoms with Gasteiger partial charge in [-0.2, -0.15) is 15.2 Å². The predicted molar refractivity (Wildman–Crippen MR) is 105 cm³/mol. The first kappa shape index (κ1) is 22.2. The summed E-state index contributed by atoms with van der Waals surface area (Å²) in [5, 5.41) is 34.3. The van der Waals surface area contributed by atoms with Gasteiger partial charge in [-0.1, -0.05) is 5.21 Å². The molecule has 5 atom stereocenters. The van der Waals surface area contributed by atoms with Crippen molar-refractivity contribution in [3.8, 4) is 0 Å². The molecule has 0 amide bonds. The number of ether oxygens (including phenoxy) is 3. The molecule has 32 heavy (non-hydrogen) atoms. The molecule has 3 aromatic rings. The Balaban J connectivity index is 1.55. The van der Waals surface area contributed by atoms with Crippen LogP contribution in [0.1, 0.15) is 25.9 Å². The highest BCUT2D eigenvalue weighted by Crippen LogP contribution is 2.34. The van der Waals surface area contributed by atoms with Gasteiger partial charge in [0.25, 0.3) is 0 Å². The third-order valence-corrected chi connectivity index (χ3v) is 5.17. The van der Waals surface area contributed by atoms with Crippen LogP contribution in [0, 0.1) is 0 Å². The Hall–Kier alpha value is -2.98. The number of esters is 1. The lowest BCUT2D eigenvalue weighted by atomic mass is 10.1. The van der Waals surface area contributed by atoms with Crippen LogP contribution in [-0.4, -0.2) is 87.9 Å². The fourth-order valence-corrected chi connectivity index (χ4v) is 3.46. The summed E-state index contributed by atoms with van der Waals surface area (Å²) in [4.78, 5) is 24.5. The molecule has 0 aromatic carbocycles. The molecule has 0 saturated carbocycles. The van der Waals surface area contributed by atoms with Crippen LogP contribution in [0.2, 0.25) is 5.28 Å². The van der Waals surface area contributed by atoms with E-state index in [1.165, 1.54) is 17.8 Å². The van der Waals surface area contributed by atoms with Gasteiger partial charge < -0.3 is 30.2 Å². The lowest BCUT2D eigenvalue weighted by Gasteiger charge is -2.26. The number of imidazole rings is 1. The van der Waals surface area contributed by atoms with Gasteiger partial charge in [0.1, 0.15) is 23.8 Å². The fraction of sp³-hybridized carbons (Fsp3) is 0.562. The molecule has 5 N–H and O–H groups in total. The number of carbonyl (C=O) groups is 1. The molecule has 1 aliphatic rings.